The molecule has 2 rings (SSSR count). The summed E-state index contributed by atoms with van der Waals surface area (Å²) in [5, 5.41) is 4.19. The van der Waals surface area contributed by atoms with E-state index in [1.165, 1.54) is 0 Å². The Morgan fingerprint density at radius 3 is 2.52 bits per heavy atom. The fraction of sp³-hybridized carbons (Fsp3) is 0.562. The maximum absolute atomic E-state index is 12.7. The molecule has 0 bridgehead atoms. The predicted molar refractivity (Wildman–Crippen MR) is 90.7 cm³/mol. The monoisotopic (exact) mass is 326 g/mol. The SMILES string of the molecule is CCC1NC(c2ccc(Cl)cc2)N(C(CC)CSC)C1=O. The third-order valence-electron chi connectivity index (χ3n) is 4.01. The van der Waals surface area contributed by atoms with Gasteiger partial charge in [-0.3, -0.25) is 10.1 Å². The molecule has 1 saturated heterocycles. The van der Waals surface area contributed by atoms with Gasteiger partial charge < -0.3 is 4.90 Å². The van der Waals surface area contributed by atoms with E-state index in [4.69, 9.17) is 11.6 Å². The van der Waals surface area contributed by atoms with Crippen LogP contribution in [0, 0.1) is 0 Å². The maximum Gasteiger partial charge on any atom is 0.241 e. The lowest BCUT2D eigenvalue weighted by Gasteiger charge is -2.32. The zero-order valence-corrected chi connectivity index (χ0v) is 14.4. The van der Waals surface area contributed by atoms with E-state index in [0.717, 1.165) is 29.2 Å². The first-order valence-electron chi connectivity index (χ1n) is 7.45. The Morgan fingerprint density at radius 2 is 2.00 bits per heavy atom. The molecular formula is C16H23ClN2OS. The highest BCUT2D eigenvalue weighted by Crippen LogP contribution is 2.31. The van der Waals surface area contributed by atoms with Gasteiger partial charge in [0.1, 0.15) is 6.17 Å². The highest BCUT2D eigenvalue weighted by Gasteiger charge is 2.41. The Labute approximate surface area is 136 Å². The van der Waals surface area contributed by atoms with Gasteiger partial charge in [-0.05, 0) is 36.8 Å². The summed E-state index contributed by atoms with van der Waals surface area (Å²) in [4.78, 5) is 14.7. The molecule has 1 N–H and O–H groups in total. The van der Waals surface area contributed by atoms with Crippen molar-refractivity contribution in [3.05, 3.63) is 34.9 Å². The van der Waals surface area contributed by atoms with Crippen molar-refractivity contribution < 1.29 is 4.79 Å². The fourth-order valence-electron chi connectivity index (χ4n) is 2.82. The average Bonchev–Trinajstić information content (AvgIpc) is 2.82. The normalized spacial score (nSPS) is 23.6. The van der Waals surface area contributed by atoms with Gasteiger partial charge in [0.25, 0.3) is 0 Å². The summed E-state index contributed by atoms with van der Waals surface area (Å²) in [5.74, 6) is 1.18. The molecule has 21 heavy (non-hydrogen) atoms. The Morgan fingerprint density at radius 1 is 1.33 bits per heavy atom. The van der Waals surface area contributed by atoms with Crippen LogP contribution >= 0.6 is 23.4 Å². The molecule has 0 aromatic heterocycles. The molecule has 1 aliphatic rings. The molecule has 3 atom stereocenters. The molecule has 1 aromatic rings. The summed E-state index contributed by atoms with van der Waals surface area (Å²) in [5.41, 5.74) is 1.10. The van der Waals surface area contributed by atoms with Gasteiger partial charge in [-0.15, -0.1) is 0 Å². The number of hydrogen-bond donors (Lipinski definition) is 1. The van der Waals surface area contributed by atoms with Crippen molar-refractivity contribution in [1.82, 2.24) is 10.2 Å². The van der Waals surface area contributed by atoms with Crippen LogP contribution in [0.15, 0.2) is 24.3 Å². The fourth-order valence-corrected chi connectivity index (χ4v) is 3.73. The second kappa shape index (κ2) is 7.52. The Kier molecular flexibility index (Phi) is 5.97. The van der Waals surface area contributed by atoms with Crippen LogP contribution in [0.3, 0.4) is 0 Å². The third kappa shape index (κ3) is 3.55. The number of carbonyl (C=O) groups is 1. The Balaban J connectivity index is 2.31. The van der Waals surface area contributed by atoms with Gasteiger partial charge in [0, 0.05) is 16.8 Å². The van der Waals surface area contributed by atoms with Gasteiger partial charge in [0.15, 0.2) is 0 Å². The van der Waals surface area contributed by atoms with E-state index in [1.54, 1.807) is 11.8 Å². The molecule has 3 nitrogen and oxygen atoms in total. The molecule has 5 heteroatoms. The van der Waals surface area contributed by atoms with Gasteiger partial charge in [-0.1, -0.05) is 37.6 Å². The van der Waals surface area contributed by atoms with E-state index in [2.05, 4.69) is 18.5 Å². The smallest absolute Gasteiger partial charge is 0.241 e. The average molecular weight is 327 g/mol. The lowest BCUT2D eigenvalue weighted by molar-refractivity contribution is -0.132. The first kappa shape index (κ1) is 16.7. The molecule has 0 saturated carbocycles. The Bertz CT molecular complexity index is 480. The van der Waals surface area contributed by atoms with Crippen LogP contribution in [0.2, 0.25) is 5.02 Å². The maximum atomic E-state index is 12.7. The first-order valence-corrected chi connectivity index (χ1v) is 9.22. The van der Waals surface area contributed by atoms with Crippen LogP contribution in [0.4, 0.5) is 0 Å². The third-order valence-corrected chi connectivity index (χ3v) is 4.98. The highest BCUT2D eigenvalue weighted by molar-refractivity contribution is 7.98. The minimum Gasteiger partial charge on any atom is -0.318 e. The summed E-state index contributed by atoms with van der Waals surface area (Å²) >= 11 is 7.76. The molecule has 0 aliphatic carbocycles. The van der Waals surface area contributed by atoms with Crippen LogP contribution in [-0.2, 0) is 4.79 Å². The number of halogens is 1. The van der Waals surface area contributed by atoms with E-state index in [9.17, 15) is 4.79 Å². The number of amides is 1. The van der Waals surface area contributed by atoms with Gasteiger partial charge >= 0.3 is 0 Å². The minimum atomic E-state index is -0.0819. The van der Waals surface area contributed by atoms with Crippen LogP contribution in [-0.4, -0.2) is 34.9 Å². The molecule has 1 fully saturated rings. The molecule has 1 aromatic carbocycles. The molecule has 0 spiro atoms. The summed E-state index contributed by atoms with van der Waals surface area (Å²) in [6.45, 7) is 4.19. The summed E-state index contributed by atoms with van der Waals surface area (Å²) in [6, 6.07) is 7.96. The standard InChI is InChI=1S/C16H23ClN2OS/c1-4-13(10-21-3)19-15(18-14(5-2)16(19)20)11-6-8-12(17)9-7-11/h6-9,13-15,18H,4-5,10H2,1-3H3. The number of thioether (sulfide) groups is 1. The lowest BCUT2D eigenvalue weighted by Crippen LogP contribution is -2.41. The summed E-state index contributed by atoms with van der Waals surface area (Å²) < 4.78 is 0. The number of hydrogen-bond acceptors (Lipinski definition) is 3. The van der Waals surface area contributed by atoms with E-state index in [1.807, 2.05) is 36.1 Å². The summed E-state index contributed by atoms with van der Waals surface area (Å²) in [7, 11) is 0. The first-order chi connectivity index (χ1) is 10.1. The largest absolute Gasteiger partial charge is 0.318 e. The summed E-state index contributed by atoms with van der Waals surface area (Å²) in [6.07, 6.45) is 3.83. The van der Waals surface area contributed by atoms with Crippen LogP contribution in [0.25, 0.3) is 0 Å². The van der Waals surface area contributed by atoms with Gasteiger partial charge in [0.2, 0.25) is 5.91 Å². The number of nitrogens with zero attached hydrogens (tertiary/aromatic N) is 1. The van der Waals surface area contributed by atoms with Crippen LogP contribution in [0.1, 0.15) is 38.4 Å². The van der Waals surface area contributed by atoms with Gasteiger partial charge in [-0.25, -0.2) is 0 Å². The van der Waals surface area contributed by atoms with Crippen molar-refractivity contribution in [2.75, 3.05) is 12.0 Å². The van der Waals surface area contributed by atoms with E-state index >= 15 is 0 Å². The van der Waals surface area contributed by atoms with E-state index in [0.29, 0.717) is 0 Å². The van der Waals surface area contributed by atoms with Crippen molar-refractivity contribution in [3.8, 4) is 0 Å². The topological polar surface area (TPSA) is 32.3 Å². The minimum absolute atomic E-state index is 0.0446. The van der Waals surface area contributed by atoms with Crippen LogP contribution < -0.4 is 5.32 Å². The zero-order chi connectivity index (χ0) is 15.4. The van der Waals surface area contributed by atoms with E-state index < -0.39 is 0 Å². The number of rotatable bonds is 6. The molecule has 1 heterocycles. The van der Waals surface area contributed by atoms with Crippen molar-refractivity contribution >= 4 is 29.3 Å². The second-order valence-corrected chi connectivity index (χ2v) is 6.69. The molecule has 116 valence electrons. The molecule has 1 aliphatic heterocycles. The van der Waals surface area contributed by atoms with E-state index in [-0.39, 0.29) is 24.2 Å². The zero-order valence-electron chi connectivity index (χ0n) is 12.8. The quantitative estimate of drug-likeness (QED) is 0.865. The van der Waals surface area contributed by atoms with Crippen molar-refractivity contribution in [1.29, 1.82) is 0 Å². The highest BCUT2D eigenvalue weighted by atomic mass is 35.5. The Hall–Kier alpha value is -0.710. The molecule has 0 radical (unpaired) electrons. The van der Waals surface area contributed by atoms with Crippen LogP contribution in [0.5, 0.6) is 0 Å². The van der Waals surface area contributed by atoms with Crippen molar-refractivity contribution in [2.45, 2.75) is 44.9 Å². The van der Waals surface area contributed by atoms with Crippen molar-refractivity contribution in [3.63, 3.8) is 0 Å². The second-order valence-electron chi connectivity index (χ2n) is 5.34. The molecule has 3 unspecified atom stereocenters. The van der Waals surface area contributed by atoms with Crippen molar-refractivity contribution in [2.24, 2.45) is 0 Å². The molecular weight excluding hydrogens is 304 g/mol. The van der Waals surface area contributed by atoms with Gasteiger partial charge in [-0.2, -0.15) is 11.8 Å². The molecule has 1 amide bonds. The number of benzene rings is 1. The van der Waals surface area contributed by atoms with Gasteiger partial charge in [0.05, 0.1) is 6.04 Å². The predicted octanol–water partition coefficient (Wildman–Crippen LogP) is 3.69. The lowest BCUT2D eigenvalue weighted by atomic mass is 10.1. The number of nitrogens with one attached hydrogen (secondary N) is 1. The number of carbonyl (C=O) groups excluding carboxylic acids is 1.